The summed E-state index contributed by atoms with van der Waals surface area (Å²) in [5.74, 6) is -2.97. The van der Waals surface area contributed by atoms with Crippen LogP contribution < -0.4 is 20.1 Å². The van der Waals surface area contributed by atoms with E-state index in [0.717, 1.165) is 0 Å². The average Bonchev–Trinajstić information content (AvgIpc) is 2.69. The highest BCUT2D eigenvalue weighted by atomic mass is 16.5. The molecule has 0 spiro atoms. The molecule has 0 aliphatic carbocycles. The SMILES string of the molecule is CCOC(=O)C(C(=O)Nc1ccc(OC)cc1)C(=O)Nc1ccc(OC)cc1. The number of rotatable bonds is 8. The van der Waals surface area contributed by atoms with Crippen LogP contribution in [0.1, 0.15) is 6.92 Å². The van der Waals surface area contributed by atoms with E-state index in [-0.39, 0.29) is 6.61 Å². The summed E-state index contributed by atoms with van der Waals surface area (Å²) in [5, 5.41) is 5.08. The van der Waals surface area contributed by atoms with Crippen molar-refractivity contribution in [2.24, 2.45) is 5.92 Å². The second kappa shape index (κ2) is 9.96. The van der Waals surface area contributed by atoms with Gasteiger partial charge in [-0.25, -0.2) is 0 Å². The zero-order chi connectivity index (χ0) is 20.5. The summed E-state index contributed by atoms with van der Waals surface area (Å²) in [6, 6.07) is 13.0. The summed E-state index contributed by atoms with van der Waals surface area (Å²) in [7, 11) is 3.04. The lowest BCUT2D eigenvalue weighted by Gasteiger charge is -2.16. The van der Waals surface area contributed by atoms with Crippen molar-refractivity contribution in [3.05, 3.63) is 48.5 Å². The topological polar surface area (TPSA) is 103 Å². The Morgan fingerprint density at radius 1 is 0.786 bits per heavy atom. The van der Waals surface area contributed by atoms with Gasteiger partial charge in [0.15, 0.2) is 0 Å². The molecule has 2 aromatic rings. The molecule has 2 aromatic carbocycles. The van der Waals surface area contributed by atoms with Gasteiger partial charge in [-0.05, 0) is 55.5 Å². The molecule has 0 bridgehead atoms. The van der Waals surface area contributed by atoms with Crippen molar-refractivity contribution in [1.29, 1.82) is 0 Å². The Kier molecular flexibility index (Phi) is 7.38. The number of ether oxygens (including phenoxy) is 3. The molecule has 8 nitrogen and oxygen atoms in total. The summed E-state index contributed by atoms with van der Waals surface area (Å²) in [6.45, 7) is 1.64. The van der Waals surface area contributed by atoms with Gasteiger partial charge in [-0.2, -0.15) is 0 Å². The molecule has 148 valence electrons. The first kappa shape index (κ1) is 20.8. The molecule has 2 rings (SSSR count). The summed E-state index contributed by atoms with van der Waals surface area (Å²) >= 11 is 0. The minimum absolute atomic E-state index is 0.0426. The molecule has 28 heavy (non-hydrogen) atoms. The number of benzene rings is 2. The van der Waals surface area contributed by atoms with Gasteiger partial charge in [-0.15, -0.1) is 0 Å². The normalized spacial score (nSPS) is 10.1. The van der Waals surface area contributed by atoms with Gasteiger partial charge in [-0.1, -0.05) is 0 Å². The van der Waals surface area contributed by atoms with Crippen molar-refractivity contribution in [2.75, 3.05) is 31.5 Å². The van der Waals surface area contributed by atoms with Crippen LogP contribution in [0.25, 0.3) is 0 Å². The fourth-order valence-corrected chi connectivity index (χ4v) is 2.34. The van der Waals surface area contributed by atoms with Crippen LogP contribution in [0.3, 0.4) is 0 Å². The minimum Gasteiger partial charge on any atom is -0.497 e. The first-order valence-corrected chi connectivity index (χ1v) is 8.55. The van der Waals surface area contributed by atoms with Gasteiger partial charge in [-0.3, -0.25) is 14.4 Å². The molecule has 0 heterocycles. The number of carbonyl (C=O) groups is 3. The van der Waals surface area contributed by atoms with E-state index in [0.29, 0.717) is 22.9 Å². The zero-order valence-electron chi connectivity index (χ0n) is 15.9. The lowest BCUT2D eigenvalue weighted by atomic mass is 10.1. The number of amides is 2. The smallest absolute Gasteiger partial charge is 0.328 e. The molecule has 0 saturated heterocycles. The number of esters is 1. The summed E-state index contributed by atoms with van der Waals surface area (Å²) in [5.41, 5.74) is 0.828. The molecule has 0 radical (unpaired) electrons. The van der Waals surface area contributed by atoms with Crippen LogP contribution in [-0.4, -0.2) is 38.6 Å². The third kappa shape index (κ3) is 5.47. The van der Waals surface area contributed by atoms with E-state index in [9.17, 15) is 14.4 Å². The Hall–Kier alpha value is -3.55. The Morgan fingerprint density at radius 3 is 1.50 bits per heavy atom. The molecule has 0 saturated carbocycles. The number of carbonyl (C=O) groups excluding carboxylic acids is 3. The quantitative estimate of drug-likeness (QED) is 0.534. The third-order valence-corrected chi connectivity index (χ3v) is 3.76. The van der Waals surface area contributed by atoms with Crippen molar-refractivity contribution >= 4 is 29.2 Å². The van der Waals surface area contributed by atoms with E-state index < -0.39 is 23.7 Å². The van der Waals surface area contributed by atoms with Gasteiger partial charge in [0.1, 0.15) is 11.5 Å². The van der Waals surface area contributed by atoms with E-state index in [1.807, 2.05) is 0 Å². The van der Waals surface area contributed by atoms with Crippen molar-refractivity contribution < 1.29 is 28.6 Å². The lowest BCUT2D eigenvalue weighted by molar-refractivity contribution is -0.153. The van der Waals surface area contributed by atoms with E-state index >= 15 is 0 Å². The van der Waals surface area contributed by atoms with E-state index in [1.165, 1.54) is 14.2 Å². The van der Waals surface area contributed by atoms with Crippen molar-refractivity contribution in [1.82, 2.24) is 0 Å². The van der Waals surface area contributed by atoms with Crippen LogP contribution in [0.4, 0.5) is 11.4 Å². The van der Waals surface area contributed by atoms with Gasteiger partial charge in [0.05, 0.1) is 20.8 Å². The van der Waals surface area contributed by atoms with Crippen LogP contribution in [0, 0.1) is 5.92 Å². The molecule has 0 unspecified atom stereocenters. The van der Waals surface area contributed by atoms with Crippen LogP contribution in [0.15, 0.2) is 48.5 Å². The number of anilines is 2. The van der Waals surface area contributed by atoms with Gasteiger partial charge in [0.2, 0.25) is 17.7 Å². The second-order valence-electron chi connectivity index (χ2n) is 5.62. The fourth-order valence-electron chi connectivity index (χ4n) is 2.34. The number of nitrogens with one attached hydrogen (secondary N) is 2. The maximum atomic E-state index is 12.6. The lowest BCUT2D eigenvalue weighted by Crippen LogP contribution is -2.40. The predicted molar refractivity (Wildman–Crippen MR) is 103 cm³/mol. The molecule has 0 atom stereocenters. The maximum Gasteiger partial charge on any atom is 0.328 e. The van der Waals surface area contributed by atoms with Gasteiger partial charge in [0.25, 0.3) is 0 Å². The van der Waals surface area contributed by atoms with Crippen molar-refractivity contribution in [3.63, 3.8) is 0 Å². The zero-order valence-corrected chi connectivity index (χ0v) is 15.9. The second-order valence-corrected chi connectivity index (χ2v) is 5.62. The Balaban J connectivity index is 2.15. The molecule has 0 aromatic heterocycles. The molecule has 8 heteroatoms. The number of hydrogen-bond acceptors (Lipinski definition) is 6. The predicted octanol–water partition coefficient (Wildman–Crippen LogP) is 2.46. The monoisotopic (exact) mass is 386 g/mol. The maximum absolute atomic E-state index is 12.6. The first-order valence-electron chi connectivity index (χ1n) is 8.55. The molecule has 0 aliphatic heterocycles. The van der Waals surface area contributed by atoms with E-state index in [1.54, 1.807) is 55.5 Å². The third-order valence-electron chi connectivity index (χ3n) is 3.76. The highest BCUT2D eigenvalue weighted by Gasteiger charge is 2.35. The van der Waals surface area contributed by atoms with E-state index in [2.05, 4.69) is 10.6 Å². The Bertz CT molecular complexity index is 756. The minimum atomic E-state index is -1.66. The molecule has 2 N–H and O–H groups in total. The fraction of sp³-hybridized carbons (Fsp3) is 0.250. The van der Waals surface area contributed by atoms with E-state index in [4.69, 9.17) is 14.2 Å². The molecule has 0 aliphatic rings. The number of hydrogen-bond donors (Lipinski definition) is 2. The summed E-state index contributed by atoms with van der Waals surface area (Å²) in [6.07, 6.45) is 0. The van der Waals surface area contributed by atoms with Crippen molar-refractivity contribution in [2.45, 2.75) is 6.92 Å². The standard InChI is InChI=1S/C20H22N2O6/c1-4-28-20(25)17(18(23)21-13-5-9-15(26-2)10-6-13)19(24)22-14-7-11-16(27-3)12-8-14/h5-12,17H,4H2,1-3H3,(H,21,23)(H,22,24). The Labute approximate surface area is 162 Å². The average molecular weight is 386 g/mol. The highest BCUT2D eigenvalue weighted by Crippen LogP contribution is 2.18. The van der Waals surface area contributed by atoms with Crippen LogP contribution in [0.2, 0.25) is 0 Å². The summed E-state index contributed by atoms with van der Waals surface area (Å²) in [4.78, 5) is 37.4. The Morgan fingerprint density at radius 2 is 1.18 bits per heavy atom. The van der Waals surface area contributed by atoms with Gasteiger partial charge >= 0.3 is 5.97 Å². The highest BCUT2D eigenvalue weighted by molar-refractivity contribution is 6.22. The van der Waals surface area contributed by atoms with Crippen LogP contribution in [-0.2, 0) is 19.1 Å². The van der Waals surface area contributed by atoms with Crippen LogP contribution in [0.5, 0.6) is 11.5 Å². The van der Waals surface area contributed by atoms with Crippen molar-refractivity contribution in [3.8, 4) is 11.5 Å². The van der Waals surface area contributed by atoms with Gasteiger partial charge < -0.3 is 24.8 Å². The molecular weight excluding hydrogens is 364 g/mol. The van der Waals surface area contributed by atoms with Crippen LogP contribution >= 0.6 is 0 Å². The molecular formula is C20H22N2O6. The van der Waals surface area contributed by atoms with Gasteiger partial charge in [0, 0.05) is 11.4 Å². The number of methoxy groups -OCH3 is 2. The molecule has 2 amide bonds. The largest absolute Gasteiger partial charge is 0.497 e. The first-order chi connectivity index (χ1) is 13.5. The summed E-state index contributed by atoms with van der Waals surface area (Å²) < 4.78 is 15.0. The molecule has 0 fully saturated rings.